The first kappa shape index (κ1) is 15.9. The zero-order valence-corrected chi connectivity index (χ0v) is 13.9. The normalized spacial score (nSPS) is 10.9. The van der Waals surface area contributed by atoms with Crippen LogP contribution >= 0.6 is 22.9 Å². The highest BCUT2D eigenvalue weighted by atomic mass is 35.5. The topological polar surface area (TPSA) is 45.2 Å². The van der Waals surface area contributed by atoms with Gasteiger partial charge < -0.3 is 5.32 Å². The van der Waals surface area contributed by atoms with Gasteiger partial charge >= 0.3 is 0 Å². The van der Waals surface area contributed by atoms with E-state index in [1.54, 1.807) is 11.3 Å². The minimum atomic E-state index is -0.0878. The first-order chi connectivity index (χ1) is 9.94. The fraction of sp³-hybridized carbons (Fsp3) is 0.333. The van der Waals surface area contributed by atoms with Gasteiger partial charge in [0.1, 0.15) is 0 Å². The maximum atomic E-state index is 12.0. The van der Waals surface area contributed by atoms with Gasteiger partial charge in [-0.1, -0.05) is 17.7 Å². The SMILES string of the molecule is Cc1ccc(NC(=O)CN(C)Cc2csc(C)n2)c(Cl)c1. The van der Waals surface area contributed by atoms with Crippen LogP contribution in [0, 0.1) is 13.8 Å². The third kappa shape index (κ3) is 4.81. The Morgan fingerprint density at radius 2 is 2.19 bits per heavy atom. The molecule has 0 spiro atoms. The highest BCUT2D eigenvalue weighted by Gasteiger charge is 2.10. The molecule has 1 N–H and O–H groups in total. The summed E-state index contributed by atoms with van der Waals surface area (Å²) in [6, 6.07) is 5.57. The van der Waals surface area contributed by atoms with Crippen molar-refractivity contribution in [1.82, 2.24) is 9.88 Å². The van der Waals surface area contributed by atoms with E-state index in [0.717, 1.165) is 16.3 Å². The van der Waals surface area contributed by atoms with E-state index >= 15 is 0 Å². The number of aryl methyl sites for hydroxylation is 2. The van der Waals surface area contributed by atoms with Crippen molar-refractivity contribution < 1.29 is 4.79 Å². The van der Waals surface area contributed by atoms with E-state index < -0.39 is 0 Å². The van der Waals surface area contributed by atoms with Gasteiger partial charge in [-0.25, -0.2) is 4.98 Å². The molecule has 1 heterocycles. The molecule has 2 rings (SSSR count). The van der Waals surface area contributed by atoms with E-state index in [-0.39, 0.29) is 5.91 Å². The molecule has 0 aliphatic rings. The van der Waals surface area contributed by atoms with Gasteiger partial charge in [-0.2, -0.15) is 0 Å². The summed E-state index contributed by atoms with van der Waals surface area (Å²) in [6.07, 6.45) is 0. The fourth-order valence-electron chi connectivity index (χ4n) is 1.97. The molecule has 0 fully saturated rings. The number of hydrogen-bond donors (Lipinski definition) is 1. The number of nitrogens with zero attached hydrogens (tertiary/aromatic N) is 2. The average Bonchev–Trinajstić information content (AvgIpc) is 2.78. The van der Waals surface area contributed by atoms with Crippen LogP contribution in [0.15, 0.2) is 23.6 Å². The minimum Gasteiger partial charge on any atom is -0.324 e. The molecule has 1 aromatic heterocycles. The summed E-state index contributed by atoms with van der Waals surface area (Å²) in [5.41, 5.74) is 2.69. The van der Waals surface area contributed by atoms with E-state index in [2.05, 4.69) is 10.3 Å². The highest BCUT2D eigenvalue weighted by Crippen LogP contribution is 2.22. The zero-order valence-electron chi connectivity index (χ0n) is 12.3. The van der Waals surface area contributed by atoms with Crippen LogP contribution in [0.1, 0.15) is 16.3 Å². The van der Waals surface area contributed by atoms with Gasteiger partial charge in [-0.3, -0.25) is 9.69 Å². The van der Waals surface area contributed by atoms with Crippen molar-refractivity contribution in [2.45, 2.75) is 20.4 Å². The monoisotopic (exact) mass is 323 g/mol. The van der Waals surface area contributed by atoms with Crippen LogP contribution < -0.4 is 5.32 Å². The number of carbonyl (C=O) groups is 1. The standard InChI is InChI=1S/C15H18ClN3OS/c1-10-4-5-14(13(16)6-10)18-15(20)8-19(3)7-12-9-21-11(2)17-12/h4-6,9H,7-8H2,1-3H3,(H,18,20). The Morgan fingerprint density at radius 3 is 2.81 bits per heavy atom. The Balaban J connectivity index is 1.89. The number of nitrogens with one attached hydrogen (secondary N) is 1. The molecule has 0 aliphatic heterocycles. The number of rotatable bonds is 5. The van der Waals surface area contributed by atoms with Crippen LogP contribution in [-0.2, 0) is 11.3 Å². The summed E-state index contributed by atoms with van der Waals surface area (Å²) in [5.74, 6) is -0.0878. The molecule has 112 valence electrons. The van der Waals surface area contributed by atoms with Crippen LogP contribution in [0.3, 0.4) is 0 Å². The van der Waals surface area contributed by atoms with Gasteiger partial charge in [0.05, 0.1) is 28.0 Å². The number of aromatic nitrogens is 1. The summed E-state index contributed by atoms with van der Waals surface area (Å²) in [5, 5.41) is 6.44. The Labute approximate surface area is 133 Å². The summed E-state index contributed by atoms with van der Waals surface area (Å²) in [7, 11) is 1.89. The predicted octanol–water partition coefficient (Wildman–Crippen LogP) is 3.48. The van der Waals surface area contributed by atoms with E-state index in [0.29, 0.717) is 23.8 Å². The summed E-state index contributed by atoms with van der Waals surface area (Å²) in [4.78, 5) is 18.3. The van der Waals surface area contributed by atoms with Crippen molar-refractivity contribution in [3.8, 4) is 0 Å². The van der Waals surface area contributed by atoms with Gasteiger partial charge in [0.2, 0.25) is 5.91 Å². The third-order valence-corrected chi connectivity index (χ3v) is 4.05. The van der Waals surface area contributed by atoms with E-state index in [1.165, 1.54) is 0 Å². The molecule has 1 amide bonds. The first-order valence-electron chi connectivity index (χ1n) is 6.59. The second kappa shape index (κ2) is 7.02. The lowest BCUT2D eigenvalue weighted by molar-refractivity contribution is -0.117. The number of amides is 1. The molecule has 0 radical (unpaired) electrons. The van der Waals surface area contributed by atoms with Gasteiger partial charge in [0.15, 0.2) is 0 Å². The van der Waals surface area contributed by atoms with Crippen molar-refractivity contribution in [2.75, 3.05) is 18.9 Å². The molecule has 0 saturated carbocycles. The fourth-order valence-corrected chi connectivity index (χ4v) is 2.86. The van der Waals surface area contributed by atoms with Gasteiger partial charge in [-0.05, 0) is 38.6 Å². The molecule has 0 saturated heterocycles. The van der Waals surface area contributed by atoms with Crippen LogP contribution in [0.25, 0.3) is 0 Å². The minimum absolute atomic E-state index is 0.0878. The predicted molar refractivity (Wildman–Crippen MR) is 88.0 cm³/mol. The lowest BCUT2D eigenvalue weighted by Crippen LogP contribution is -2.30. The van der Waals surface area contributed by atoms with Crippen LogP contribution in [0.4, 0.5) is 5.69 Å². The summed E-state index contributed by atoms with van der Waals surface area (Å²) in [6.45, 7) is 4.88. The van der Waals surface area contributed by atoms with Crippen LogP contribution in [-0.4, -0.2) is 29.4 Å². The molecule has 6 heteroatoms. The molecule has 0 bridgehead atoms. The second-order valence-corrected chi connectivity index (χ2v) is 6.53. The van der Waals surface area contributed by atoms with Crippen LogP contribution in [0.5, 0.6) is 0 Å². The number of carbonyl (C=O) groups excluding carboxylic acids is 1. The molecule has 0 aliphatic carbocycles. The van der Waals surface area contributed by atoms with Gasteiger partial charge in [-0.15, -0.1) is 11.3 Å². The Bertz CT molecular complexity index is 642. The molecule has 2 aromatic rings. The Hall–Kier alpha value is -1.43. The van der Waals surface area contributed by atoms with E-state index in [9.17, 15) is 4.79 Å². The largest absolute Gasteiger partial charge is 0.324 e. The number of likely N-dealkylation sites (N-methyl/N-ethyl adjacent to an activating group) is 1. The maximum absolute atomic E-state index is 12.0. The van der Waals surface area contributed by atoms with Gasteiger partial charge in [0, 0.05) is 11.9 Å². The molecule has 0 unspecified atom stereocenters. The molecule has 21 heavy (non-hydrogen) atoms. The maximum Gasteiger partial charge on any atom is 0.238 e. The van der Waals surface area contributed by atoms with Crippen molar-refractivity contribution in [3.63, 3.8) is 0 Å². The van der Waals surface area contributed by atoms with Crippen molar-refractivity contribution in [1.29, 1.82) is 0 Å². The smallest absolute Gasteiger partial charge is 0.238 e. The number of benzene rings is 1. The molecule has 4 nitrogen and oxygen atoms in total. The summed E-state index contributed by atoms with van der Waals surface area (Å²) < 4.78 is 0. The van der Waals surface area contributed by atoms with Crippen molar-refractivity contribution >= 4 is 34.5 Å². The van der Waals surface area contributed by atoms with E-state index in [1.807, 2.05) is 49.4 Å². The number of thiazole rings is 1. The van der Waals surface area contributed by atoms with E-state index in [4.69, 9.17) is 11.6 Å². The summed E-state index contributed by atoms with van der Waals surface area (Å²) >= 11 is 7.72. The lowest BCUT2D eigenvalue weighted by Gasteiger charge is -2.15. The molecular formula is C15H18ClN3OS. The van der Waals surface area contributed by atoms with Gasteiger partial charge in [0.25, 0.3) is 0 Å². The van der Waals surface area contributed by atoms with Crippen molar-refractivity contribution in [2.24, 2.45) is 0 Å². The third-order valence-electron chi connectivity index (χ3n) is 2.91. The molecule has 1 aromatic carbocycles. The number of hydrogen-bond acceptors (Lipinski definition) is 4. The van der Waals surface area contributed by atoms with Crippen LogP contribution in [0.2, 0.25) is 5.02 Å². The zero-order chi connectivity index (χ0) is 15.4. The lowest BCUT2D eigenvalue weighted by atomic mass is 10.2. The first-order valence-corrected chi connectivity index (χ1v) is 7.85. The average molecular weight is 324 g/mol. The second-order valence-electron chi connectivity index (χ2n) is 5.06. The molecular weight excluding hydrogens is 306 g/mol. The highest BCUT2D eigenvalue weighted by molar-refractivity contribution is 7.09. The Kier molecular flexibility index (Phi) is 5.33. The Morgan fingerprint density at radius 1 is 1.43 bits per heavy atom. The quantitative estimate of drug-likeness (QED) is 0.916. The van der Waals surface area contributed by atoms with Crippen molar-refractivity contribution in [3.05, 3.63) is 44.9 Å². The number of anilines is 1. The molecule has 0 atom stereocenters. The number of halogens is 1.